The van der Waals surface area contributed by atoms with Crippen LogP contribution in [0.2, 0.25) is 5.02 Å². The Morgan fingerprint density at radius 2 is 1.47 bits per heavy atom. The number of nitrogens with zero attached hydrogens (tertiary/aromatic N) is 3. The molecule has 2 heterocycles. The van der Waals surface area contributed by atoms with Crippen molar-refractivity contribution in [3.63, 3.8) is 0 Å². The van der Waals surface area contributed by atoms with Crippen LogP contribution >= 0.6 is 11.6 Å². The molecule has 2 aromatic carbocycles. The number of anilines is 4. The number of hydrogen-bond donors (Lipinski definition) is 4. The third-order valence-electron chi connectivity index (χ3n) is 5.12. The molecule has 1 amide bonds. The molecule has 0 spiro atoms. The second-order valence-electron chi connectivity index (χ2n) is 7.53. The summed E-state index contributed by atoms with van der Waals surface area (Å²) >= 11 is 5.95. The molecule has 0 aliphatic rings. The van der Waals surface area contributed by atoms with Gasteiger partial charge in [-0.05, 0) is 17.2 Å². The van der Waals surface area contributed by atoms with E-state index in [1.54, 1.807) is 0 Å². The fraction of sp³-hybridized carbons (Fsp3) is 0.0833. The lowest BCUT2D eigenvalue weighted by Crippen LogP contribution is -2.35. The van der Waals surface area contributed by atoms with Crippen LogP contribution in [0, 0.1) is 0 Å². The largest absolute Gasteiger partial charge is 0.417 e. The average Bonchev–Trinajstić information content (AvgIpc) is 2.86. The number of hydrogen-bond acceptors (Lipinski definition) is 7. The number of nitrogen functional groups attached to an aromatic ring is 1. The SMILES string of the molecule is Nc1c(NNC(=O)C(c2ccccc2)c2ccccc2)ncnc1Nc1ncc(C(F)(F)F)cc1Cl. The van der Waals surface area contributed by atoms with Gasteiger partial charge in [0.05, 0.1) is 16.5 Å². The monoisotopic (exact) mass is 513 g/mol. The van der Waals surface area contributed by atoms with Gasteiger partial charge in [-0.3, -0.25) is 15.6 Å². The fourth-order valence-electron chi connectivity index (χ4n) is 3.37. The number of benzene rings is 2. The van der Waals surface area contributed by atoms with Crippen LogP contribution in [0.4, 0.5) is 36.3 Å². The van der Waals surface area contributed by atoms with E-state index in [9.17, 15) is 18.0 Å². The molecule has 0 radical (unpaired) electrons. The van der Waals surface area contributed by atoms with Gasteiger partial charge in [-0.15, -0.1) is 0 Å². The Labute approximate surface area is 208 Å². The molecular formula is C24H19ClF3N7O. The molecule has 0 bridgehead atoms. The highest BCUT2D eigenvalue weighted by atomic mass is 35.5. The summed E-state index contributed by atoms with van der Waals surface area (Å²) < 4.78 is 38.6. The Morgan fingerprint density at radius 3 is 2.03 bits per heavy atom. The van der Waals surface area contributed by atoms with Crippen LogP contribution in [0.15, 0.2) is 79.3 Å². The predicted octanol–water partition coefficient (Wildman–Crippen LogP) is 5.14. The van der Waals surface area contributed by atoms with Crippen LogP contribution < -0.4 is 21.9 Å². The molecule has 5 N–H and O–H groups in total. The molecule has 0 atom stereocenters. The van der Waals surface area contributed by atoms with Crippen LogP contribution in [0.25, 0.3) is 0 Å². The number of hydrazine groups is 1. The Bertz CT molecular complexity index is 1320. The molecule has 0 aliphatic carbocycles. The molecule has 0 aliphatic heterocycles. The maximum Gasteiger partial charge on any atom is 0.417 e. The fourth-order valence-corrected chi connectivity index (χ4v) is 3.58. The Balaban J connectivity index is 1.52. The standard InChI is InChI=1S/C24H19ClF3N7O/c25-17-11-16(24(26,27)28)12-30-20(17)33-21-19(29)22(32-13-31-21)34-35-23(36)18(14-7-3-1-4-8-14)15-9-5-2-6-10-15/h1-13,18H,29H2,(H,35,36)(H2,30,31,32,33,34). The van der Waals surface area contributed by atoms with E-state index in [1.807, 2.05) is 60.7 Å². The van der Waals surface area contributed by atoms with E-state index in [2.05, 4.69) is 31.1 Å². The first-order chi connectivity index (χ1) is 17.2. The number of nitrogens with two attached hydrogens (primary N) is 1. The van der Waals surface area contributed by atoms with Crippen molar-refractivity contribution >= 4 is 40.6 Å². The minimum Gasteiger partial charge on any atom is -0.393 e. The van der Waals surface area contributed by atoms with Gasteiger partial charge >= 0.3 is 6.18 Å². The van der Waals surface area contributed by atoms with Gasteiger partial charge in [0.1, 0.15) is 17.8 Å². The zero-order chi connectivity index (χ0) is 25.7. The quantitative estimate of drug-likeness (QED) is 0.253. The van der Waals surface area contributed by atoms with Crippen LogP contribution in [0.1, 0.15) is 22.6 Å². The number of amides is 1. The first-order valence-corrected chi connectivity index (χ1v) is 10.9. The van der Waals surface area contributed by atoms with E-state index in [0.29, 0.717) is 6.20 Å². The number of alkyl halides is 3. The molecule has 0 fully saturated rings. The van der Waals surface area contributed by atoms with Crippen molar-refractivity contribution in [1.82, 2.24) is 20.4 Å². The van der Waals surface area contributed by atoms with E-state index >= 15 is 0 Å². The molecule has 2 aromatic heterocycles. The van der Waals surface area contributed by atoms with Crippen LogP contribution in [0.5, 0.6) is 0 Å². The lowest BCUT2D eigenvalue weighted by molar-refractivity contribution is -0.137. The van der Waals surface area contributed by atoms with Crippen molar-refractivity contribution in [2.75, 3.05) is 16.5 Å². The Kier molecular flexibility index (Phi) is 7.20. The zero-order valence-electron chi connectivity index (χ0n) is 18.4. The summed E-state index contributed by atoms with van der Waals surface area (Å²) in [5.74, 6) is -0.983. The molecule has 12 heteroatoms. The van der Waals surface area contributed by atoms with Gasteiger partial charge in [0.15, 0.2) is 11.6 Å². The minimum atomic E-state index is -4.59. The highest BCUT2D eigenvalue weighted by Crippen LogP contribution is 2.34. The van der Waals surface area contributed by atoms with Gasteiger partial charge in [-0.2, -0.15) is 13.2 Å². The molecular weight excluding hydrogens is 495 g/mol. The molecule has 36 heavy (non-hydrogen) atoms. The maximum atomic E-state index is 13.2. The van der Waals surface area contributed by atoms with Gasteiger partial charge in [-0.1, -0.05) is 72.3 Å². The molecule has 4 aromatic rings. The maximum absolute atomic E-state index is 13.2. The van der Waals surface area contributed by atoms with Gasteiger partial charge in [-0.25, -0.2) is 15.0 Å². The minimum absolute atomic E-state index is 0.0217. The van der Waals surface area contributed by atoms with Gasteiger partial charge in [0.25, 0.3) is 0 Å². The van der Waals surface area contributed by atoms with Gasteiger partial charge in [0.2, 0.25) is 5.91 Å². The summed E-state index contributed by atoms with van der Waals surface area (Å²) in [7, 11) is 0. The molecule has 8 nitrogen and oxygen atoms in total. The second-order valence-corrected chi connectivity index (χ2v) is 7.94. The Morgan fingerprint density at radius 1 is 0.889 bits per heavy atom. The average molecular weight is 514 g/mol. The lowest BCUT2D eigenvalue weighted by Gasteiger charge is -2.19. The molecule has 0 saturated carbocycles. The van der Waals surface area contributed by atoms with Crippen LogP contribution in [-0.2, 0) is 11.0 Å². The van der Waals surface area contributed by atoms with Crippen LogP contribution in [-0.4, -0.2) is 20.9 Å². The summed E-state index contributed by atoms with van der Waals surface area (Å²) in [4.78, 5) is 24.9. The van der Waals surface area contributed by atoms with Crippen molar-refractivity contribution in [2.45, 2.75) is 12.1 Å². The summed E-state index contributed by atoms with van der Waals surface area (Å²) in [6, 6.07) is 19.2. The van der Waals surface area contributed by atoms with Gasteiger partial charge in [0, 0.05) is 6.20 Å². The first kappa shape index (κ1) is 24.7. The van der Waals surface area contributed by atoms with Crippen molar-refractivity contribution in [3.8, 4) is 0 Å². The third kappa shape index (κ3) is 5.63. The number of halogens is 4. The lowest BCUT2D eigenvalue weighted by atomic mass is 9.91. The number of rotatable bonds is 7. The summed E-state index contributed by atoms with van der Waals surface area (Å²) in [5, 5.41) is 2.40. The number of aromatic nitrogens is 3. The number of pyridine rings is 1. The highest BCUT2D eigenvalue weighted by molar-refractivity contribution is 6.33. The zero-order valence-corrected chi connectivity index (χ0v) is 19.2. The number of carbonyl (C=O) groups excluding carboxylic acids is 1. The van der Waals surface area contributed by atoms with Crippen molar-refractivity contribution in [2.24, 2.45) is 0 Å². The molecule has 0 saturated heterocycles. The Hall–Kier alpha value is -4.38. The summed E-state index contributed by atoms with van der Waals surface area (Å²) in [5.41, 5.74) is 12.0. The van der Waals surface area contributed by atoms with E-state index in [1.165, 1.54) is 0 Å². The molecule has 0 unspecified atom stereocenters. The smallest absolute Gasteiger partial charge is 0.393 e. The number of carbonyl (C=O) groups is 1. The van der Waals surface area contributed by atoms with E-state index in [-0.39, 0.29) is 34.1 Å². The topological polar surface area (TPSA) is 118 Å². The highest BCUT2D eigenvalue weighted by Gasteiger charge is 2.31. The molecule has 4 rings (SSSR count). The van der Waals surface area contributed by atoms with E-state index < -0.39 is 17.7 Å². The predicted molar refractivity (Wildman–Crippen MR) is 130 cm³/mol. The summed E-state index contributed by atoms with van der Waals surface area (Å²) in [6.07, 6.45) is -2.80. The summed E-state index contributed by atoms with van der Waals surface area (Å²) in [6.45, 7) is 0. The third-order valence-corrected chi connectivity index (χ3v) is 5.41. The van der Waals surface area contributed by atoms with E-state index in [0.717, 1.165) is 23.5 Å². The van der Waals surface area contributed by atoms with Crippen molar-refractivity contribution in [3.05, 3.63) is 101 Å². The second kappa shape index (κ2) is 10.5. The van der Waals surface area contributed by atoms with Gasteiger partial charge < -0.3 is 11.1 Å². The van der Waals surface area contributed by atoms with Crippen molar-refractivity contribution < 1.29 is 18.0 Å². The van der Waals surface area contributed by atoms with E-state index in [4.69, 9.17) is 17.3 Å². The molecule has 184 valence electrons. The van der Waals surface area contributed by atoms with Crippen LogP contribution in [0.3, 0.4) is 0 Å². The first-order valence-electron chi connectivity index (χ1n) is 10.5. The number of nitrogens with one attached hydrogen (secondary N) is 3. The normalized spacial score (nSPS) is 11.2. The van der Waals surface area contributed by atoms with Crippen molar-refractivity contribution in [1.29, 1.82) is 0 Å².